The number of nitrogens with one attached hydrogen (secondary N) is 7. The Morgan fingerprint density at radius 1 is 0.596 bits per heavy atom. The molecule has 260 valence electrons. The summed E-state index contributed by atoms with van der Waals surface area (Å²) < 4.78 is 0. The van der Waals surface area contributed by atoms with E-state index in [4.69, 9.17) is 5.11 Å². The number of amides is 7. The quantitative estimate of drug-likeness (QED) is 0.0645. The summed E-state index contributed by atoms with van der Waals surface area (Å²) in [5.41, 5.74) is 0.800. The molecule has 0 aromatic heterocycles. The maximum atomic E-state index is 12.6. The minimum absolute atomic E-state index is 0.0188. The van der Waals surface area contributed by atoms with E-state index in [0.29, 0.717) is 19.4 Å². The molecular weight excluding hydrogens is 614 g/mol. The van der Waals surface area contributed by atoms with Crippen molar-refractivity contribution in [2.75, 3.05) is 32.7 Å². The van der Waals surface area contributed by atoms with Gasteiger partial charge in [0.1, 0.15) is 12.1 Å². The van der Waals surface area contributed by atoms with E-state index in [1.54, 1.807) is 24.3 Å². The molecule has 0 aliphatic carbocycles. The monoisotopic (exact) mass is 661 g/mol. The molecule has 47 heavy (non-hydrogen) atoms. The molecular formula is C31H47N7O9. The highest BCUT2D eigenvalue weighted by molar-refractivity contribution is 5.90. The van der Waals surface area contributed by atoms with Gasteiger partial charge in [-0.25, -0.2) is 0 Å². The number of rotatable bonds is 23. The van der Waals surface area contributed by atoms with Crippen LogP contribution in [0.15, 0.2) is 30.3 Å². The van der Waals surface area contributed by atoms with Crippen molar-refractivity contribution < 1.29 is 43.5 Å². The van der Waals surface area contributed by atoms with Crippen LogP contribution in [0.2, 0.25) is 0 Å². The Bertz CT molecular complexity index is 1210. The molecule has 16 nitrogen and oxygen atoms in total. The van der Waals surface area contributed by atoms with Crippen molar-refractivity contribution in [3.05, 3.63) is 35.9 Å². The van der Waals surface area contributed by atoms with E-state index in [1.807, 2.05) is 6.07 Å². The predicted octanol–water partition coefficient (Wildman–Crippen LogP) is -1.37. The van der Waals surface area contributed by atoms with Crippen LogP contribution in [0.3, 0.4) is 0 Å². The molecule has 0 saturated carbocycles. The van der Waals surface area contributed by atoms with Crippen LogP contribution in [0.25, 0.3) is 0 Å². The Labute approximate surface area is 273 Å². The van der Waals surface area contributed by atoms with Crippen LogP contribution in [-0.2, 0) is 44.8 Å². The number of carboxylic acid groups (broad SMARTS) is 1. The smallest absolute Gasteiger partial charge is 0.325 e. The van der Waals surface area contributed by atoms with Crippen molar-refractivity contribution in [2.24, 2.45) is 0 Å². The second-order valence-electron chi connectivity index (χ2n) is 10.7. The maximum Gasteiger partial charge on any atom is 0.325 e. The highest BCUT2D eigenvalue weighted by Crippen LogP contribution is 2.05. The number of unbranched alkanes of at least 4 members (excludes halogenated alkanes) is 1. The molecule has 0 aliphatic rings. The van der Waals surface area contributed by atoms with E-state index >= 15 is 0 Å². The number of benzene rings is 1. The summed E-state index contributed by atoms with van der Waals surface area (Å²) in [5.74, 6) is -3.65. The van der Waals surface area contributed by atoms with Crippen molar-refractivity contribution in [3.8, 4) is 0 Å². The molecule has 1 unspecified atom stereocenters. The van der Waals surface area contributed by atoms with Crippen molar-refractivity contribution in [1.82, 2.24) is 37.2 Å². The van der Waals surface area contributed by atoms with Crippen LogP contribution in [0.4, 0.5) is 0 Å². The van der Waals surface area contributed by atoms with Gasteiger partial charge in [0.25, 0.3) is 0 Å². The molecule has 0 radical (unpaired) electrons. The Balaban J connectivity index is 2.18. The Kier molecular flexibility index (Phi) is 19.9. The fourth-order valence-electron chi connectivity index (χ4n) is 3.99. The first-order chi connectivity index (χ1) is 22.4. The molecule has 0 heterocycles. The van der Waals surface area contributed by atoms with Gasteiger partial charge in [-0.3, -0.25) is 38.4 Å². The van der Waals surface area contributed by atoms with Gasteiger partial charge in [-0.2, -0.15) is 0 Å². The Hall–Kier alpha value is -5.02. The molecule has 2 atom stereocenters. The lowest BCUT2D eigenvalue weighted by molar-refractivity contribution is -0.141. The van der Waals surface area contributed by atoms with Gasteiger partial charge in [0.2, 0.25) is 41.4 Å². The van der Waals surface area contributed by atoms with Crippen molar-refractivity contribution in [1.29, 1.82) is 0 Å². The van der Waals surface area contributed by atoms with Gasteiger partial charge >= 0.3 is 5.97 Å². The van der Waals surface area contributed by atoms with Crippen LogP contribution in [0, 0.1) is 0 Å². The summed E-state index contributed by atoms with van der Waals surface area (Å²) in [7, 11) is 0. The van der Waals surface area contributed by atoms with E-state index in [-0.39, 0.29) is 100 Å². The van der Waals surface area contributed by atoms with Gasteiger partial charge in [0.05, 0.1) is 0 Å². The third-order valence-electron chi connectivity index (χ3n) is 6.57. The minimum Gasteiger partial charge on any atom is -0.480 e. The van der Waals surface area contributed by atoms with Crippen molar-refractivity contribution in [3.63, 3.8) is 0 Å². The van der Waals surface area contributed by atoms with Crippen LogP contribution in [0.5, 0.6) is 0 Å². The molecule has 8 N–H and O–H groups in total. The lowest BCUT2D eigenvalue weighted by atomic mass is 10.0. The first kappa shape index (κ1) is 40.0. The summed E-state index contributed by atoms with van der Waals surface area (Å²) in [6.07, 6.45) is 1.44. The van der Waals surface area contributed by atoms with E-state index in [1.165, 1.54) is 13.8 Å². The molecule has 0 spiro atoms. The highest BCUT2D eigenvalue weighted by atomic mass is 16.4. The van der Waals surface area contributed by atoms with Gasteiger partial charge < -0.3 is 42.3 Å². The average Bonchev–Trinajstić information content (AvgIpc) is 3.00. The molecule has 0 fully saturated rings. The maximum absolute atomic E-state index is 12.6. The zero-order chi connectivity index (χ0) is 35.0. The number of hydrogen-bond acceptors (Lipinski definition) is 8. The third-order valence-corrected chi connectivity index (χ3v) is 6.57. The molecule has 16 heteroatoms. The van der Waals surface area contributed by atoms with Gasteiger partial charge in [-0.1, -0.05) is 30.3 Å². The molecule has 0 saturated heterocycles. The molecule has 1 aromatic carbocycles. The van der Waals surface area contributed by atoms with E-state index in [2.05, 4.69) is 37.2 Å². The Morgan fingerprint density at radius 2 is 1.06 bits per heavy atom. The van der Waals surface area contributed by atoms with E-state index in [9.17, 15) is 38.4 Å². The fourth-order valence-corrected chi connectivity index (χ4v) is 3.99. The molecule has 1 aromatic rings. The number of carboxylic acids is 1. The van der Waals surface area contributed by atoms with Crippen molar-refractivity contribution >= 4 is 47.3 Å². The molecule has 0 aliphatic heterocycles. The van der Waals surface area contributed by atoms with Crippen molar-refractivity contribution in [2.45, 2.75) is 77.3 Å². The van der Waals surface area contributed by atoms with Gasteiger partial charge in [-0.15, -0.1) is 0 Å². The lowest BCUT2D eigenvalue weighted by Crippen LogP contribution is -2.51. The van der Waals surface area contributed by atoms with Crippen LogP contribution in [0.1, 0.15) is 64.4 Å². The van der Waals surface area contributed by atoms with Crippen LogP contribution >= 0.6 is 0 Å². The molecule has 7 amide bonds. The number of carbonyl (C=O) groups excluding carboxylic acids is 7. The summed E-state index contributed by atoms with van der Waals surface area (Å²) in [4.78, 5) is 94.5. The summed E-state index contributed by atoms with van der Waals surface area (Å²) in [5, 5.41) is 27.1. The number of hydrogen-bond donors (Lipinski definition) is 8. The fraction of sp³-hybridized carbons (Fsp3) is 0.548. The summed E-state index contributed by atoms with van der Waals surface area (Å²) in [6.45, 7) is 3.54. The van der Waals surface area contributed by atoms with E-state index < -0.39 is 24.0 Å². The van der Waals surface area contributed by atoms with E-state index in [0.717, 1.165) is 5.56 Å². The van der Waals surface area contributed by atoms with Crippen LogP contribution < -0.4 is 37.2 Å². The van der Waals surface area contributed by atoms with Crippen LogP contribution in [-0.4, -0.2) is 97.2 Å². The number of aliphatic carboxylic acids is 1. The van der Waals surface area contributed by atoms with Gasteiger partial charge in [-0.05, 0) is 25.3 Å². The summed E-state index contributed by atoms with van der Waals surface area (Å²) >= 11 is 0. The largest absolute Gasteiger partial charge is 0.480 e. The normalized spacial score (nSPS) is 11.6. The van der Waals surface area contributed by atoms with Gasteiger partial charge in [0, 0.05) is 78.2 Å². The Morgan fingerprint density at radius 3 is 1.53 bits per heavy atom. The lowest BCUT2D eigenvalue weighted by Gasteiger charge is -2.20. The predicted molar refractivity (Wildman–Crippen MR) is 170 cm³/mol. The summed E-state index contributed by atoms with van der Waals surface area (Å²) in [6, 6.07) is 6.95. The minimum atomic E-state index is -1.19. The SMILES string of the molecule is CC(=O)NCCC(=O)NCCC(=O)NCCC(=O)NCCC(=O)NCCCCC(=O)N[C@H](Cc1ccccc1)C(=O)NC(C)C(=O)O. The number of carbonyl (C=O) groups is 8. The average molecular weight is 662 g/mol. The molecule has 1 rings (SSSR count). The highest BCUT2D eigenvalue weighted by Gasteiger charge is 2.24. The third kappa shape index (κ3) is 20.6. The standard InChI is InChI=1S/C31H47N7O9/c1-21(31(46)47)37-30(45)24(20-23-8-4-3-5-9-23)38-29(44)10-6-7-15-33-25(40)12-17-35-27(42)14-19-36-28(43)13-18-34-26(41)11-16-32-22(2)39/h3-5,8-9,21,24H,6-7,10-20H2,1-2H3,(H,32,39)(H,33,40)(H,34,41)(H,35,42)(H,36,43)(H,37,45)(H,38,44)(H,46,47)/t21?,24-/m1/s1. The second-order valence-corrected chi connectivity index (χ2v) is 10.7. The first-order valence-electron chi connectivity index (χ1n) is 15.5. The zero-order valence-electron chi connectivity index (χ0n) is 26.9. The zero-order valence-corrected chi connectivity index (χ0v) is 26.9. The van der Waals surface area contributed by atoms with Gasteiger partial charge in [0.15, 0.2) is 0 Å². The first-order valence-corrected chi connectivity index (χ1v) is 15.5. The second kappa shape index (κ2) is 23.3. The topological polar surface area (TPSA) is 241 Å². The molecule has 0 bridgehead atoms.